The standard InChI is InChI=1S/8C4H8O.4F4S/c8*1-2-4-5-3-1;4*1-5(2,3)4/h8*1-4H2;;;;. The van der Waals surface area contributed by atoms with Crippen molar-refractivity contribution >= 4 is 46.3 Å². The van der Waals surface area contributed by atoms with Crippen molar-refractivity contribution in [1.29, 1.82) is 0 Å². The van der Waals surface area contributed by atoms with Crippen LogP contribution in [0, 0.1) is 0 Å². The number of rotatable bonds is 0. The molecule has 0 aromatic rings. The van der Waals surface area contributed by atoms with E-state index in [-0.39, 0.29) is 0 Å². The van der Waals surface area contributed by atoms with E-state index in [0.29, 0.717) is 0 Å². The summed E-state index contributed by atoms with van der Waals surface area (Å²) in [6.07, 6.45) is 20.4. The summed E-state index contributed by atoms with van der Waals surface area (Å²) in [5.74, 6) is 0. The van der Waals surface area contributed by atoms with Crippen molar-refractivity contribution in [3.8, 4) is 0 Å². The van der Waals surface area contributed by atoms with Crippen molar-refractivity contribution in [3.05, 3.63) is 0 Å². The quantitative estimate of drug-likeness (QED) is 0.222. The number of hydrogen-bond donors (Lipinski definition) is 0. The van der Waals surface area contributed by atoms with Crippen LogP contribution in [0.25, 0.3) is 0 Å². The normalized spacial score (nSPS) is 21.1. The summed E-state index contributed by atoms with van der Waals surface area (Å²) in [5, 5.41) is 0. The Kier molecular flexibility index (Phi) is 53.7. The van der Waals surface area contributed by atoms with Gasteiger partial charge in [-0.3, -0.25) is 0 Å². The number of hydrogen-bond acceptors (Lipinski definition) is 8. The Morgan fingerprint density at radius 3 is 0.217 bits per heavy atom. The zero-order chi connectivity index (χ0) is 46.3. The summed E-state index contributed by atoms with van der Waals surface area (Å²) in [6, 6.07) is 0. The van der Waals surface area contributed by atoms with Crippen LogP contribution < -0.4 is 0 Å². The van der Waals surface area contributed by atoms with Crippen LogP contribution in [0.15, 0.2) is 0 Å². The predicted octanol–water partition coefficient (Wildman–Crippen LogP) is 15.7. The van der Waals surface area contributed by atoms with Crippen LogP contribution in [0.3, 0.4) is 0 Å². The van der Waals surface area contributed by atoms with Gasteiger partial charge < -0.3 is 37.9 Å². The van der Waals surface area contributed by atoms with E-state index < -0.39 is 46.3 Å². The van der Waals surface area contributed by atoms with Crippen LogP contribution in [0.1, 0.15) is 103 Å². The highest BCUT2D eigenvalue weighted by Gasteiger charge is 2.17. The molecule has 8 nitrogen and oxygen atoms in total. The van der Waals surface area contributed by atoms with Gasteiger partial charge in [-0.15, -0.1) is 0 Å². The molecule has 8 aliphatic heterocycles. The van der Waals surface area contributed by atoms with E-state index in [9.17, 15) is 62.2 Å². The fraction of sp³-hybridized carbons (Fsp3) is 1.00. The smallest absolute Gasteiger partial charge is 0.379 e. The largest absolute Gasteiger partial charge is 0.381 e. The molecule has 0 bridgehead atoms. The highest BCUT2D eigenvalue weighted by atomic mass is 32.4. The van der Waals surface area contributed by atoms with E-state index >= 15 is 0 Å². The minimum absolute atomic E-state index is 1.00. The predicted molar refractivity (Wildman–Crippen MR) is 209 cm³/mol. The van der Waals surface area contributed by atoms with Crippen molar-refractivity contribution in [1.82, 2.24) is 0 Å². The Balaban J connectivity index is -0.000000285. The second-order valence-electron chi connectivity index (χ2n) is 12.0. The zero-order valence-corrected chi connectivity index (χ0v) is 36.8. The highest BCUT2D eigenvalue weighted by Crippen LogP contribution is 2.55. The Bertz CT molecular complexity index is 543. The molecule has 8 aliphatic rings. The van der Waals surface area contributed by atoms with Crippen molar-refractivity contribution < 1.29 is 100 Å². The monoisotopic (exact) mass is 1010 g/mol. The molecule has 28 heteroatoms. The average molecular weight is 1010 g/mol. The van der Waals surface area contributed by atoms with Crippen LogP contribution >= 0.6 is 46.3 Å². The van der Waals surface area contributed by atoms with E-state index in [1.54, 1.807) is 0 Å². The van der Waals surface area contributed by atoms with E-state index in [1.165, 1.54) is 103 Å². The molecular formula is C32H64F16O8S4. The number of ether oxygens (including phenoxy) is 8. The molecule has 0 N–H and O–H groups in total. The van der Waals surface area contributed by atoms with Gasteiger partial charge in [0.15, 0.2) is 0 Å². The Hall–Kier alpha value is -0.0400. The molecule has 8 saturated heterocycles. The maximum atomic E-state index is 9.77. The first-order valence-corrected chi connectivity index (χ1v) is 24.0. The van der Waals surface area contributed by atoms with Gasteiger partial charge >= 0.3 is 46.3 Å². The second kappa shape index (κ2) is 48.4. The van der Waals surface area contributed by atoms with Crippen LogP contribution in [0.2, 0.25) is 0 Å². The molecule has 0 radical (unpaired) electrons. The molecule has 8 fully saturated rings. The van der Waals surface area contributed by atoms with E-state index in [2.05, 4.69) is 0 Å². The minimum atomic E-state index is -6.17. The van der Waals surface area contributed by atoms with E-state index in [0.717, 1.165) is 106 Å². The molecule has 0 unspecified atom stereocenters. The first-order chi connectivity index (χ1) is 28.0. The molecule has 0 saturated carbocycles. The van der Waals surface area contributed by atoms with Gasteiger partial charge in [0.2, 0.25) is 0 Å². The van der Waals surface area contributed by atoms with Crippen LogP contribution in [-0.2, 0) is 37.9 Å². The number of halogens is 16. The third-order valence-electron chi connectivity index (χ3n) is 6.62. The van der Waals surface area contributed by atoms with Crippen LogP contribution in [0.4, 0.5) is 62.2 Å². The van der Waals surface area contributed by atoms with E-state index in [1.807, 2.05) is 0 Å². The fourth-order valence-corrected chi connectivity index (χ4v) is 4.08. The average Bonchev–Trinajstić information content (AvgIpc) is 4.03. The fourth-order valence-electron chi connectivity index (χ4n) is 4.08. The summed E-state index contributed by atoms with van der Waals surface area (Å²) < 4.78 is 196. The lowest BCUT2D eigenvalue weighted by molar-refractivity contribution is 0.198. The lowest BCUT2D eigenvalue weighted by Crippen LogP contribution is -1.74. The van der Waals surface area contributed by atoms with Gasteiger partial charge in [0.25, 0.3) is 0 Å². The van der Waals surface area contributed by atoms with Gasteiger partial charge in [0, 0.05) is 106 Å². The summed E-state index contributed by atoms with van der Waals surface area (Å²) in [5.41, 5.74) is 0. The summed E-state index contributed by atoms with van der Waals surface area (Å²) in [7, 11) is 0. The van der Waals surface area contributed by atoms with Gasteiger partial charge in [-0.2, -0.15) is 0 Å². The SMILES string of the molecule is C1CCOC1.C1CCOC1.C1CCOC1.C1CCOC1.C1CCOC1.C1CCOC1.C1CCOC1.C1CCOC1.FS(F)(F)F.FS(F)(F)F.FS(F)(F)F.FS(F)(F)F. The maximum Gasteiger partial charge on any atom is 0.379 e. The Labute approximate surface area is 354 Å². The maximum absolute atomic E-state index is 9.77. The topological polar surface area (TPSA) is 73.8 Å². The first kappa shape index (κ1) is 66.6. The molecule has 0 aromatic heterocycles. The molecule has 0 amide bonds. The Morgan fingerprint density at radius 2 is 0.200 bits per heavy atom. The van der Waals surface area contributed by atoms with Gasteiger partial charge in [0.05, 0.1) is 0 Å². The van der Waals surface area contributed by atoms with Gasteiger partial charge in [-0.1, -0.05) is 62.2 Å². The molecular weight excluding hydrogens is 945 g/mol. The van der Waals surface area contributed by atoms with Crippen molar-refractivity contribution in [2.45, 2.75) is 103 Å². The first-order valence-electron chi connectivity index (χ1n) is 19.1. The molecule has 0 atom stereocenters. The lowest BCUT2D eigenvalue weighted by Gasteiger charge is -1.87. The van der Waals surface area contributed by atoms with Gasteiger partial charge in [-0.25, -0.2) is 0 Å². The minimum Gasteiger partial charge on any atom is -0.381 e. The van der Waals surface area contributed by atoms with Crippen LogP contribution in [0.5, 0.6) is 0 Å². The third-order valence-corrected chi connectivity index (χ3v) is 6.62. The molecule has 8 rings (SSSR count). The van der Waals surface area contributed by atoms with Crippen LogP contribution in [-0.4, -0.2) is 106 Å². The van der Waals surface area contributed by atoms with Gasteiger partial charge in [-0.05, 0) is 103 Å². The van der Waals surface area contributed by atoms with Gasteiger partial charge in [0.1, 0.15) is 0 Å². The molecule has 0 aliphatic carbocycles. The zero-order valence-electron chi connectivity index (χ0n) is 33.6. The summed E-state index contributed by atoms with van der Waals surface area (Å²) in [4.78, 5) is 0. The molecule has 376 valence electrons. The van der Waals surface area contributed by atoms with Crippen molar-refractivity contribution in [2.75, 3.05) is 106 Å². The highest BCUT2D eigenvalue weighted by molar-refractivity contribution is 8.17. The molecule has 0 aromatic carbocycles. The summed E-state index contributed by atoms with van der Waals surface area (Å²) in [6.45, 7) is 16.0. The summed E-state index contributed by atoms with van der Waals surface area (Å²) >= 11 is -24.7. The Morgan fingerprint density at radius 1 is 0.150 bits per heavy atom. The second-order valence-corrected chi connectivity index (χ2v) is 14.8. The molecule has 60 heavy (non-hydrogen) atoms. The van der Waals surface area contributed by atoms with E-state index in [4.69, 9.17) is 37.9 Å². The molecule has 8 heterocycles. The van der Waals surface area contributed by atoms with Crippen molar-refractivity contribution in [2.24, 2.45) is 0 Å². The molecule has 0 spiro atoms. The van der Waals surface area contributed by atoms with Crippen molar-refractivity contribution in [3.63, 3.8) is 0 Å². The lowest BCUT2D eigenvalue weighted by atomic mass is 10.4. The third kappa shape index (κ3) is 118.